The highest BCUT2D eigenvalue weighted by atomic mass is 32.2. The molecule has 0 fully saturated rings. The number of hydrogen-bond donors (Lipinski definition) is 3. The maximum Gasteiger partial charge on any atom is 0.335 e. The van der Waals surface area contributed by atoms with Crippen molar-refractivity contribution in [3.05, 3.63) is 79.9 Å². The number of carbonyl (C=O) groups is 2. The Morgan fingerprint density at radius 3 is 1.31 bits per heavy atom. The summed E-state index contributed by atoms with van der Waals surface area (Å²) >= 11 is 0. The summed E-state index contributed by atoms with van der Waals surface area (Å²) in [6.45, 7) is 15.3. The van der Waals surface area contributed by atoms with Crippen molar-refractivity contribution < 1.29 is 32.8 Å². The predicted molar refractivity (Wildman–Crippen MR) is 117 cm³/mol. The molecule has 0 radical (unpaired) electrons. The summed E-state index contributed by atoms with van der Waals surface area (Å²) in [6, 6.07) is 2.13. The molecule has 0 amide bonds. The highest BCUT2D eigenvalue weighted by Crippen LogP contribution is 2.58. The lowest BCUT2D eigenvalue weighted by atomic mass is 10.1. The molecule has 0 atom stereocenters. The average Bonchev–Trinajstić information content (AvgIpc) is 2.62. The molecule has 0 saturated carbocycles. The van der Waals surface area contributed by atoms with E-state index in [9.17, 15) is 18.0 Å². The van der Waals surface area contributed by atoms with Crippen molar-refractivity contribution >= 4 is 29.3 Å². The molecule has 0 spiro atoms. The van der Waals surface area contributed by atoms with Gasteiger partial charge < -0.3 is 10.2 Å². The fourth-order valence-electron chi connectivity index (χ4n) is 2.54. The Hall–Kier alpha value is -2.54. The second-order valence-electron chi connectivity index (χ2n) is 6.06. The monoisotopic (exact) mass is 441 g/mol. The van der Waals surface area contributed by atoms with E-state index in [1.807, 2.05) is 24.3 Å². The number of carboxylic acid groups (broad SMARTS) is 2. The molecule has 0 saturated heterocycles. The molecule has 0 unspecified atom stereocenters. The molecule has 3 N–H and O–H groups in total. The Morgan fingerprint density at radius 1 is 0.793 bits per heavy atom. The number of carboxylic acids is 2. The lowest BCUT2D eigenvalue weighted by Gasteiger charge is -2.22. The standard InChI is InChI=1S/C12H20P.C8H6O7S/c1-5-9-13(10-6-2,11-7-3)12-8-4;9-7(10)4-1-5(8(11)12)3-6(2-4)16(13,14)15/h5-8H,1-4,9-12H2;1-3H,(H,9,10)(H,11,12)(H,13,14,15)/q+1;. The second-order valence-corrected chi connectivity index (χ2v) is 11.6. The van der Waals surface area contributed by atoms with Gasteiger partial charge in [0.15, 0.2) is 0 Å². The molecule has 0 aromatic heterocycles. The van der Waals surface area contributed by atoms with Crippen LogP contribution in [0.1, 0.15) is 20.7 Å². The van der Waals surface area contributed by atoms with Gasteiger partial charge >= 0.3 is 11.9 Å². The van der Waals surface area contributed by atoms with Crippen molar-refractivity contribution in [1.82, 2.24) is 0 Å². The van der Waals surface area contributed by atoms with Crippen molar-refractivity contribution in [2.45, 2.75) is 4.90 Å². The minimum Gasteiger partial charge on any atom is -0.478 e. The summed E-state index contributed by atoms with van der Waals surface area (Å²) < 4.78 is 30.2. The van der Waals surface area contributed by atoms with Crippen molar-refractivity contribution in [1.29, 1.82) is 0 Å². The summed E-state index contributed by atoms with van der Waals surface area (Å²) in [6.07, 6.45) is 12.5. The molecular formula is C20H26O7PS+. The maximum atomic E-state index is 10.8. The molecule has 158 valence electrons. The fourth-order valence-corrected chi connectivity index (χ4v) is 6.17. The molecule has 7 nitrogen and oxygen atoms in total. The Balaban J connectivity index is 0.000000555. The van der Waals surface area contributed by atoms with E-state index in [1.54, 1.807) is 0 Å². The van der Waals surface area contributed by atoms with Crippen LogP contribution in [0.2, 0.25) is 0 Å². The van der Waals surface area contributed by atoms with Crippen molar-refractivity contribution in [2.24, 2.45) is 0 Å². The topological polar surface area (TPSA) is 129 Å². The largest absolute Gasteiger partial charge is 0.478 e. The molecule has 29 heavy (non-hydrogen) atoms. The molecule has 1 aromatic rings. The van der Waals surface area contributed by atoms with Crippen LogP contribution in [0, 0.1) is 0 Å². The summed E-state index contributed by atoms with van der Waals surface area (Å²) in [5.74, 6) is -2.99. The molecule has 1 rings (SSSR count). The van der Waals surface area contributed by atoms with Crippen LogP contribution in [0.15, 0.2) is 73.7 Å². The van der Waals surface area contributed by atoms with Gasteiger partial charge in [0.2, 0.25) is 0 Å². The smallest absolute Gasteiger partial charge is 0.335 e. The molecule has 9 heteroatoms. The van der Waals surface area contributed by atoms with E-state index in [0.29, 0.717) is 12.1 Å². The van der Waals surface area contributed by atoms with Gasteiger partial charge in [-0.25, -0.2) is 9.59 Å². The van der Waals surface area contributed by atoms with E-state index in [0.717, 1.165) is 30.7 Å². The highest BCUT2D eigenvalue weighted by molar-refractivity contribution is 7.85. The van der Waals surface area contributed by atoms with E-state index < -0.39 is 45.3 Å². The quantitative estimate of drug-likeness (QED) is 0.268. The van der Waals surface area contributed by atoms with Crippen LogP contribution in [0.4, 0.5) is 0 Å². The lowest BCUT2D eigenvalue weighted by Crippen LogP contribution is -2.07. The molecule has 0 heterocycles. The molecule has 0 aliphatic heterocycles. The van der Waals surface area contributed by atoms with Gasteiger partial charge in [-0.3, -0.25) is 4.55 Å². The average molecular weight is 441 g/mol. The van der Waals surface area contributed by atoms with Crippen LogP contribution in [-0.4, -0.2) is 59.8 Å². The van der Waals surface area contributed by atoms with Crippen LogP contribution in [-0.2, 0) is 10.1 Å². The van der Waals surface area contributed by atoms with Crippen LogP contribution >= 0.6 is 7.26 Å². The number of benzene rings is 1. The Labute approximate surface area is 171 Å². The normalized spacial score (nSPS) is 10.8. The SMILES string of the molecule is C=CC[P+](CC=C)(CC=C)CC=C.O=C(O)c1cc(C(=O)O)cc(S(=O)(=O)O)c1. The minimum absolute atomic E-state index is 0.535. The zero-order valence-corrected chi connectivity index (χ0v) is 17.7. The van der Waals surface area contributed by atoms with Crippen LogP contribution in [0.5, 0.6) is 0 Å². The summed E-state index contributed by atoms with van der Waals surface area (Å²) in [5, 5.41) is 17.2. The van der Waals surface area contributed by atoms with E-state index >= 15 is 0 Å². The molecule has 0 aliphatic rings. The van der Waals surface area contributed by atoms with Gasteiger partial charge in [0.25, 0.3) is 10.1 Å². The highest BCUT2D eigenvalue weighted by Gasteiger charge is 2.31. The van der Waals surface area contributed by atoms with Crippen molar-refractivity contribution in [3.8, 4) is 0 Å². The summed E-state index contributed by atoms with van der Waals surface area (Å²) in [4.78, 5) is 20.4. The van der Waals surface area contributed by atoms with E-state index in [1.165, 1.54) is 0 Å². The Bertz CT molecular complexity index is 810. The van der Waals surface area contributed by atoms with Crippen molar-refractivity contribution in [3.63, 3.8) is 0 Å². The molecule has 0 bridgehead atoms. The van der Waals surface area contributed by atoms with E-state index in [-0.39, 0.29) is 0 Å². The number of rotatable bonds is 11. The van der Waals surface area contributed by atoms with Crippen LogP contribution in [0.25, 0.3) is 0 Å². The third-order valence-corrected chi connectivity index (χ3v) is 8.73. The zero-order valence-electron chi connectivity index (χ0n) is 16.0. The van der Waals surface area contributed by atoms with Gasteiger partial charge in [0.05, 0.1) is 40.7 Å². The second kappa shape index (κ2) is 12.1. The predicted octanol–water partition coefficient (Wildman–Crippen LogP) is 4.08. The fraction of sp³-hybridized carbons (Fsp3) is 0.200. The van der Waals surface area contributed by atoms with Gasteiger partial charge in [-0.05, 0) is 18.2 Å². The first-order valence-corrected chi connectivity index (χ1v) is 12.3. The van der Waals surface area contributed by atoms with E-state index in [4.69, 9.17) is 14.8 Å². The van der Waals surface area contributed by atoms with Crippen molar-refractivity contribution in [2.75, 3.05) is 24.6 Å². The number of allylic oxidation sites excluding steroid dienone is 4. The first-order valence-electron chi connectivity index (χ1n) is 8.34. The molecule has 0 aliphatic carbocycles. The third-order valence-electron chi connectivity index (χ3n) is 3.76. The Kier molecular flexibility index (Phi) is 11.1. The maximum absolute atomic E-state index is 10.8. The summed E-state index contributed by atoms with van der Waals surface area (Å²) in [7, 11) is -5.61. The van der Waals surface area contributed by atoms with Gasteiger partial charge in [-0.2, -0.15) is 8.42 Å². The van der Waals surface area contributed by atoms with Gasteiger partial charge in [0, 0.05) is 7.26 Å². The van der Waals surface area contributed by atoms with Gasteiger partial charge in [-0.1, -0.05) is 50.6 Å². The Morgan fingerprint density at radius 2 is 1.10 bits per heavy atom. The molecular weight excluding hydrogens is 415 g/mol. The van der Waals surface area contributed by atoms with Gasteiger partial charge in [-0.15, -0.1) is 0 Å². The first-order chi connectivity index (χ1) is 13.5. The minimum atomic E-state index is -4.64. The molecule has 1 aromatic carbocycles. The lowest BCUT2D eigenvalue weighted by molar-refractivity contribution is 0.0696. The first kappa shape index (κ1) is 26.5. The third kappa shape index (κ3) is 9.00. The zero-order chi connectivity index (χ0) is 22.7. The van der Waals surface area contributed by atoms with Crippen LogP contribution in [0.3, 0.4) is 0 Å². The van der Waals surface area contributed by atoms with Gasteiger partial charge in [0.1, 0.15) is 0 Å². The number of hydrogen-bond acceptors (Lipinski definition) is 4. The van der Waals surface area contributed by atoms with E-state index in [2.05, 4.69) is 26.3 Å². The van der Waals surface area contributed by atoms with Crippen LogP contribution < -0.4 is 0 Å². The summed E-state index contributed by atoms with van der Waals surface area (Å²) in [5.41, 5.74) is -1.07. The number of aromatic carboxylic acids is 2.